The standard InChI is InChI=1S/C8H15ClOS/c1-6(4-9)5-11-8(3)7(2)10/h4,7-8,10H,5H2,1-3H3. The molecule has 0 aliphatic carbocycles. The third kappa shape index (κ3) is 5.59. The molecule has 3 heteroatoms. The maximum atomic E-state index is 9.13. The van der Waals surface area contributed by atoms with E-state index in [1.807, 2.05) is 13.8 Å². The summed E-state index contributed by atoms with van der Waals surface area (Å²) in [6.45, 7) is 5.79. The Hall–Kier alpha value is 0.340. The topological polar surface area (TPSA) is 20.2 Å². The van der Waals surface area contributed by atoms with Crippen LogP contribution < -0.4 is 0 Å². The summed E-state index contributed by atoms with van der Waals surface area (Å²) in [4.78, 5) is 0. The number of hydrogen-bond acceptors (Lipinski definition) is 2. The van der Waals surface area contributed by atoms with Crippen LogP contribution in [0.1, 0.15) is 20.8 Å². The lowest BCUT2D eigenvalue weighted by Gasteiger charge is -2.13. The van der Waals surface area contributed by atoms with Gasteiger partial charge in [-0.1, -0.05) is 24.1 Å². The second-order valence-electron chi connectivity index (χ2n) is 2.71. The molecule has 1 N–H and O–H groups in total. The molecule has 0 heterocycles. The third-order valence-corrected chi connectivity index (χ3v) is 3.35. The Morgan fingerprint density at radius 3 is 2.55 bits per heavy atom. The number of aliphatic hydroxyl groups excluding tert-OH is 1. The van der Waals surface area contributed by atoms with Crippen LogP contribution in [0.15, 0.2) is 11.1 Å². The van der Waals surface area contributed by atoms with E-state index in [0.29, 0.717) is 0 Å². The number of rotatable bonds is 4. The molecular weight excluding hydrogens is 180 g/mol. The van der Waals surface area contributed by atoms with Crippen molar-refractivity contribution in [1.29, 1.82) is 0 Å². The van der Waals surface area contributed by atoms with Gasteiger partial charge in [-0.2, -0.15) is 11.8 Å². The summed E-state index contributed by atoms with van der Waals surface area (Å²) in [6.07, 6.45) is -0.247. The second kappa shape index (κ2) is 5.92. The Morgan fingerprint density at radius 1 is 1.64 bits per heavy atom. The van der Waals surface area contributed by atoms with Crippen molar-refractivity contribution >= 4 is 23.4 Å². The number of aliphatic hydroxyl groups is 1. The molecule has 0 saturated carbocycles. The van der Waals surface area contributed by atoms with Gasteiger partial charge in [-0.25, -0.2) is 0 Å². The molecule has 0 saturated heterocycles. The molecule has 0 fully saturated rings. The molecule has 66 valence electrons. The van der Waals surface area contributed by atoms with E-state index in [2.05, 4.69) is 0 Å². The zero-order valence-electron chi connectivity index (χ0n) is 7.17. The molecule has 0 aliphatic rings. The number of thioether (sulfide) groups is 1. The fraction of sp³-hybridized carbons (Fsp3) is 0.750. The maximum absolute atomic E-state index is 9.13. The molecule has 2 unspecified atom stereocenters. The van der Waals surface area contributed by atoms with Gasteiger partial charge >= 0.3 is 0 Å². The van der Waals surface area contributed by atoms with E-state index < -0.39 is 0 Å². The minimum atomic E-state index is -0.247. The molecule has 0 amide bonds. The van der Waals surface area contributed by atoms with Crippen molar-refractivity contribution in [1.82, 2.24) is 0 Å². The van der Waals surface area contributed by atoms with Crippen molar-refractivity contribution in [3.8, 4) is 0 Å². The molecule has 0 aliphatic heterocycles. The first kappa shape index (κ1) is 11.3. The SMILES string of the molecule is CC(=CCl)CSC(C)C(C)O. The molecule has 0 radical (unpaired) electrons. The Labute approximate surface area is 77.8 Å². The summed E-state index contributed by atoms with van der Waals surface area (Å²) < 4.78 is 0. The van der Waals surface area contributed by atoms with Crippen LogP contribution in [0.4, 0.5) is 0 Å². The van der Waals surface area contributed by atoms with Crippen LogP contribution in [0.2, 0.25) is 0 Å². The highest BCUT2D eigenvalue weighted by Gasteiger charge is 2.08. The predicted molar refractivity (Wildman–Crippen MR) is 53.2 cm³/mol. The highest BCUT2D eigenvalue weighted by molar-refractivity contribution is 8.00. The molecule has 0 aromatic heterocycles. The molecule has 0 bridgehead atoms. The second-order valence-corrected chi connectivity index (χ2v) is 4.30. The van der Waals surface area contributed by atoms with Gasteiger partial charge in [-0.15, -0.1) is 0 Å². The van der Waals surface area contributed by atoms with Gasteiger partial charge in [0.05, 0.1) is 6.10 Å². The van der Waals surface area contributed by atoms with E-state index in [-0.39, 0.29) is 11.4 Å². The first-order valence-corrected chi connectivity index (χ1v) is 5.12. The van der Waals surface area contributed by atoms with Gasteiger partial charge < -0.3 is 5.11 Å². The Bertz CT molecular complexity index is 134. The zero-order valence-corrected chi connectivity index (χ0v) is 8.75. The Morgan fingerprint density at radius 2 is 2.18 bits per heavy atom. The van der Waals surface area contributed by atoms with Gasteiger partial charge in [0.2, 0.25) is 0 Å². The van der Waals surface area contributed by atoms with Crippen LogP contribution in [0.3, 0.4) is 0 Å². The van der Waals surface area contributed by atoms with Gasteiger partial charge in [0.25, 0.3) is 0 Å². The van der Waals surface area contributed by atoms with Crippen molar-refractivity contribution in [2.75, 3.05) is 5.75 Å². The van der Waals surface area contributed by atoms with Crippen molar-refractivity contribution in [2.45, 2.75) is 32.1 Å². The van der Waals surface area contributed by atoms with Crippen molar-refractivity contribution in [3.63, 3.8) is 0 Å². The number of halogens is 1. The van der Waals surface area contributed by atoms with E-state index in [1.165, 1.54) is 0 Å². The minimum Gasteiger partial charge on any atom is -0.392 e. The monoisotopic (exact) mass is 194 g/mol. The maximum Gasteiger partial charge on any atom is 0.0628 e. The van der Waals surface area contributed by atoms with E-state index in [0.717, 1.165) is 11.3 Å². The summed E-state index contributed by atoms with van der Waals surface area (Å²) in [5, 5.41) is 9.41. The summed E-state index contributed by atoms with van der Waals surface area (Å²) >= 11 is 7.19. The van der Waals surface area contributed by atoms with Gasteiger partial charge in [0.15, 0.2) is 0 Å². The van der Waals surface area contributed by atoms with Gasteiger partial charge in [0.1, 0.15) is 0 Å². The van der Waals surface area contributed by atoms with Gasteiger partial charge in [-0.3, -0.25) is 0 Å². The highest BCUT2D eigenvalue weighted by Crippen LogP contribution is 2.17. The molecule has 0 rings (SSSR count). The van der Waals surface area contributed by atoms with Gasteiger partial charge in [0, 0.05) is 16.5 Å². The van der Waals surface area contributed by atoms with Crippen LogP contribution in [0.5, 0.6) is 0 Å². The summed E-state index contributed by atoms with van der Waals surface area (Å²) in [6, 6.07) is 0. The fourth-order valence-electron chi connectivity index (χ4n) is 0.434. The first-order valence-electron chi connectivity index (χ1n) is 3.63. The van der Waals surface area contributed by atoms with Crippen LogP contribution >= 0.6 is 23.4 Å². The molecule has 0 aromatic rings. The van der Waals surface area contributed by atoms with Crippen molar-refractivity contribution in [2.24, 2.45) is 0 Å². The number of hydrogen-bond donors (Lipinski definition) is 1. The molecule has 0 aromatic carbocycles. The lowest BCUT2D eigenvalue weighted by Crippen LogP contribution is -2.15. The largest absolute Gasteiger partial charge is 0.392 e. The average Bonchev–Trinajstić information content (AvgIpc) is 1.99. The van der Waals surface area contributed by atoms with E-state index >= 15 is 0 Å². The molecule has 2 atom stereocenters. The molecule has 0 spiro atoms. The van der Waals surface area contributed by atoms with Crippen LogP contribution in [0.25, 0.3) is 0 Å². The normalized spacial score (nSPS) is 18.1. The summed E-state index contributed by atoms with van der Waals surface area (Å²) in [5.74, 6) is 0.898. The van der Waals surface area contributed by atoms with Crippen molar-refractivity contribution < 1.29 is 5.11 Å². The van der Waals surface area contributed by atoms with Crippen LogP contribution in [-0.2, 0) is 0 Å². The lowest BCUT2D eigenvalue weighted by atomic mass is 10.3. The quantitative estimate of drug-likeness (QED) is 0.743. The first-order chi connectivity index (χ1) is 5.07. The Balaban J connectivity index is 3.54. The van der Waals surface area contributed by atoms with E-state index in [4.69, 9.17) is 16.7 Å². The fourth-order valence-corrected chi connectivity index (χ4v) is 1.49. The predicted octanol–water partition coefficient (Wildman–Crippen LogP) is 2.63. The molecule has 11 heavy (non-hydrogen) atoms. The summed E-state index contributed by atoms with van der Waals surface area (Å²) in [5.41, 5.74) is 2.73. The lowest BCUT2D eigenvalue weighted by molar-refractivity contribution is 0.196. The van der Waals surface area contributed by atoms with E-state index in [9.17, 15) is 0 Å². The highest BCUT2D eigenvalue weighted by atomic mass is 35.5. The average molecular weight is 195 g/mol. The Kier molecular flexibility index (Phi) is 6.11. The summed E-state index contributed by atoms with van der Waals surface area (Å²) in [7, 11) is 0. The third-order valence-electron chi connectivity index (χ3n) is 1.44. The zero-order chi connectivity index (χ0) is 8.85. The van der Waals surface area contributed by atoms with Gasteiger partial charge in [-0.05, 0) is 13.8 Å². The van der Waals surface area contributed by atoms with Crippen LogP contribution in [-0.4, -0.2) is 22.2 Å². The molecule has 1 nitrogen and oxygen atoms in total. The molecular formula is C8H15ClOS. The smallest absolute Gasteiger partial charge is 0.0628 e. The minimum absolute atomic E-state index is 0.247. The van der Waals surface area contributed by atoms with Crippen LogP contribution in [0, 0.1) is 0 Å². The van der Waals surface area contributed by atoms with Crippen molar-refractivity contribution in [3.05, 3.63) is 11.1 Å². The van der Waals surface area contributed by atoms with E-state index in [1.54, 1.807) is 24.2 Å².